The van der Waals surface area contributed by atoms with E-state index in [4.69, 9.17) is 5.26 Å². The maximum atomic E-state index is 12.4. The molecule has 3 rings (SSSR count). The van der Waals surface area contributed by atoms with Crippen LogP contribution < -0.4 is 9.62 Å². The van der Waals surface area contributed by atoms with Crippen LogP contribution in [0.25, 0.3) is 0 Å². The summed E-state index contributed by atoms with van der Waals surface area (Å²) in [5.74, 6) is 0.869. The molecule has 0 amide bonds. The Bertz CT molecular complexity index is 898. The van der Waals surface area contributed by atoms with E-state index in [1.807, 2.05) is 12.1 Å². The number of sulfonamides is 1. The second kappa shape index (κ2) is 7.83. The van der Waals surface area contributed by atoms with Gasteiger partial charge in [-0.1, -0.05) is 0 Å². The molecule has 1 N–H and O–H groups in total. The van der Waals surface area contributed by atoms with E-state index in [1.165, 1.54) is 24.3 Å². The van der Waals surface area contributed by atoms with E-state index in [-0.39, 0.29) is 11.4 Å². The highest BCUT2D eigenvalue weighted by atomic mass is 32.2. The predicted octanol–water partition coefficient (Wildman–Crippen LogP) is 1.18. The molecule has 1 aliphatic heterocycles. The van der Waals surface area contributed by atoms with Gasteiger partial charge in [-0.25, -0.2) is 18.1 Å². The van der Waals surface area contributed by atoms with Crippen LogP contribution in [0.4, 0.5) is 5.82 Å². The molecule has 1 aliphatic rings. The number of nitrogens with one attached hydrogen (secondary N) is 1. The fourth-order valence-corrected chi connectivity index (χ4v) is 3.77. The molecule has 8 heteroatoms. The SMILES string of the molecule is CN1CCN(c2cc(CNS(=O)(=O)c3ccc(C#N)cc3)ccn2)CC1. The largest absolute Gasteiger partial charge is 0.354 e. The Morgan fingerprint density at radius 3 is 2.50 bits per heavy atom. The van der Waals surface area contributed by atoms with Gasteiger partial charge < -0.3 is 9.80 Å². The summed E-state index contributed by atoms with van der Waals surface area (Å²) >= 11 is 0. The van der Waals surface area contributed by atoms with Gasteiger partial charge in [0.05, 0.1) is 16.5 Å². The van der Waals surface area contributed by atoms with E-state index < -0.39 is 10.0 Å². The lowest BCUT2D eigenvalue weighted by molar-refractivity contribution is 0.312. The number of nitrogens with zero attached hydrogens (tertiary/aromatic N) is 4. The molecule has 1 saturated heterocycles. The van der Waals surface area contributed by atoms with Gasteiger partial charge in [0.15, 0.2) is 0 Å². The summed E-state index contributed by atoms with van der Waals surface area (Å²) in [6.07, 6.45) is 1.71. The van der Waals surface area contributed by atoms with Crippen molar-refractivity contribution in [3.8, 4) is 6.07 Å². The maximum Gasteiger partial charge on any atom is 0.240 e. The summed E-state index contributed by atoms with van der Waals surface area (Å²) in [5, 5.41) is 8.80. The number of likely N-dealkylation sites (N-methyl/N-ethyl adjacent to an activating group) is 1. The van der Waals surface area contributed by atoms with Gasteiger partial charge in [0, 0.05) is 38.9 Å². The number of hydrogen-bond donors (Lipinski definition) is 1. The molecule has 7 nitrogen and oxygen atoms in total. The van der Waals surface area contributed by atoms with Gasteiger partial charge in [-0.15, -0.1) is 0 Å². The number of nitriles is 1. The Morgan fingerprint density at radius 2 is 1.85 bits per heavy atom. The second-order valence-electron chi connectivity index (χ2n) is 6.27. The Labute approximate surface area is 153 Å². The van der Waals surface area contributed by atoms with Crippen LogP contribution in [-0.4, -0.2) is 51.5 Å². The highest BCUT2D eigenvalue weighted by Gasteiger charge is 2.17. The third-order valence-electron chi connectivity index (χ3n) is 4.40. The zero-order valence-corrected chi connectivity index (χ0v) is 15.4. The highest BCUT2D eigenvalue weighted by molar-refractivity contribution is 7.89. The Morgan fingerprint density at radius 1 is 1.15 bits per heavy atom. The van der Waals surface area contributed by atoms with Crippen LogP contribution in [0, 0.1) is 11.3 Å². The molecular formula is C18H21N5O2S. The standard InChI is InChI=1S/C18H21N5O2S/c1-22-8-10-23(11-9-22)18-12-16(6-7-20-18)14-21-26(24,25)17-4-2-15(13-19)3-5-17/h2-7,12,21H,8-11,14H2,1H3. The zero-order chi connectivity index (χ0) is 18.6. The second-order valence-corrected chi connectivity index (χ2v) is 8.04. The molecule has 0 atom stereocenters. The third kappa shape index (κ3) is 4.38. The number of hydrogen-bond acceptors (Lipinski definition) is 6. The molecule has 1 aromatic carbocycles. The Balaban J connectivity index is 1.67. The molecule has 0 spiro atoms. The van der Waals surface area contributed by atoms with E-state index in [1.54, 1.807) is 12.3 Å². The minimum Gasteiger partial charge on any atom is -0.354 e. The van der Waals surface area contributed by atoms with Crippen molar-refractivity contribution in [2.45, 2.75) is 11.4 Å². The van der Waals surface area contributed by atoms with E-state index in [0.717, 1.165) is 37.6 Å². The van der Waals surface area contributed by atoms with Gasteiger partial charge in [0.2, 0.25) is 10.0 Å². The van der Waals surface area contributed by atoms with Crippen molar-refractivity contribution < 1.29 is 8.42 Å². The number of aromatic nitrogens is 1. The lowest BCUT2D eigenvalue weighted by atomic mass is 10.2. The highest BCUT2D eigenvalue weighted by Crippen LogP contribution is 2.16. The fourth-order valence-electron chi connectivity index (χ4n) is 2.75. The Hall–Kier alpha value is -2.47. The molecule has 0 unspecified atom stereocenters. The first-order valence-corrected chi connectivity index (χ1v) is 9.84. The molecule has 2 heterocycles. The number of pyridine rings is 1. The van der Waals surface area contributed by atoms with E-state index >= 15 is 0 Å². The van der Waals surface area contributed by atoms with Gasteiger partial charge in [0.25, 0.3) is 0 Å². The van der Waals surface area contributed by atoms with Crippen LogP contribution in [0.15, 0.2) is 47.5 Å². The van der Waals surface area contributed by atoms with Crippen molar-refractivity contribution >= 4 is 15.8 Å². The minimum atomic E-state index is -3.63. The number of rotatable bonds is 5. The Kier molecular flexibility index (Phi) is 5.52. The summed E-state index contributed by atoms with van der Waals surface area (Å²) in [4.78, 5) is 9.03. The molecule has 136 valence electrons. The molecule has 0 radical (unpaired) electrons. The van der Waals surface area contributed by atoms with E-state index in [2.05, 4.69) is 26.6 Å². The topological polar surface area (TPSA) is 89.3 Å². The molecular weight excluding hydrogens is 350 g/mol. The van der Waals surface area contributed by atoms with Gasteiger partial charge >= 0.3 is 0 Å². The quantitative estimate of drug-likeness (QED) is 0.849. The summed E-state index contributed by atoms with van der Waals surface area (Å²) in [6, 6.07) is 11.6. The molecule has 0 aliphatic carbocycles. The van der Waals surface area contributed by atoms with Crippen molar-refractivity contribution in [3.05, 3.63) is 53.7 Å². The molecule has 0 bridgehead atoms. The molecule has 0 saturated carbocycles. The van der Waals surface area contributed by atoms with Crippen LogP contribution in [0.1, 0.15) is 11.1 Å². The van der Waals surface area contributed by atoms with Crippen molar-refractivity contribution in [3.63, 3.8) is 0 Å². The number of benzene rings is 1. The monoisotopic (exact) mass is 371 g/mol. The average molecular weight is 371 g/mol. The molecule has 1 aromatic heterocycles. The zero-order valence-electron chi connectivity index (χ0n) is 14.6. The molecule has 26 heavy (non-hydrogen) atoms. The van der Waals surface area contributed by atoms with Crippen LogP contribution >= 0.6 is 0 Å². The summed E-state index contributed by atoms with van der Waals surface area (Å²) in [6.45, 7) is 3.97. The van der Waals surface area contributed by atoms with Gasteiger partial charge in [-0.05, 0) is 49.0 Å². The fraction of sp³-hybridized carbons (Fsp3) is 0.333. The van der Waals surface area contributed by atoms with Crippen molar-refractivity contribution in [2.24, 2.45) is 0 Å². The van der Waals surface area contributed by atoms with Crippen molar-refractivity contribution in [2.75, 3.05) is 38.1 Å². The number of piperazine rings is 1. The molecule has 2 aromatic rings. The van der Waals surface area contributed by atoms with Gasteiger partial charge in [0.1, 0.15) is 5.82 Å². The average Bonchev–Trinajstić information content (AvgIpc) is 2.67. The van der Waals surface area contributed by atoms with E-state index in [9.17, 15) is 8.42 Å². The summed E-state index contributed by atoms with van der Waals surface area (Å²) in [7, 11) is -1.53. The lowest BCUT2D eigenvalue weighted by Gasteiger charge is -2.33. The van der Waals surface area contributed by atoms with E-state index in [0.29, 0.717) is 5.56 Å². The summed E-state index contributed by atoms with van der Waals surface area (Å²) in [5.41, 5.74) is 1.28. The first kappa shape index (κ1) is 18.3. The first-order valence-electron chi connectivity index (χ1n) is 8.36. The van der Waals surface area contributed by atoms with Gasteiger partial charge in [-0.3, -0.25) is 0 Å². The van der Waals surface area contributed by atoms with Crippen LogP contribution in [0.2, 0.25) is 0 Å². The minimum absolute atomic E-state index is 0.143. The lowest BCUT2D eigenvalue weighted by Crippen LogP contribution is -2.44. The van der Waals surface area contributed by atoms with Crippen molar-refractivity contribution in [1.29, 1.82) is 5.26 Å². The van der Waals surface area contributed by atoms with Crippen molar-refractivity contribution in [1.82, 2.24) is 14.6 Å². The maximum absolute atomic E-state index is 12.4. The predicted molar refractivity (Wildman–Crippen MR) is 99.1 cm³/mol. The normalized spacial score (nSPS) is 15.6. The number of anilines is 1. The third-order valence-corrected chi connectivity index (χ3v) is 5.81. The van der Waals surface area contributed by atoms with Crippen LogP contribution in [0.3, 0.4) is 0 Å². The molecule has 1 fully saturated rings. The summed E-state index contributed by atoms with van der Waals surface area (Å²) < 4.78 is 27.4. The van der Waals surface area contributed by atoms with Crippen LogP contribution in [0.5, 0.6) is 0 Å². The van der Waals surface area contributed by atoms with Crippen LogP contribution in [-0.2, 0) is 16.6 Å². The first-order chi connectivity index (χ1) is 12.5. The van der Waals surface area contributed by atoms with Gasteiger partial charge in [-0.2, -0.15) is 5.26 Å². The smallest absolute Gasteiger partial charge is 0.240 e.